The molecule has 0 aliphatic rings. The highest BCUT2D eigenvalue weighted by Gasteiger charge is 2.07. The first-order valence-corrected chi connectivity index (χ1v) is 9.55. The number of amides is 1. The zero-order valence-electron chi connectivity index (χ0n) is 14.6. The summed E-state index contributed by atoms with van der Waals surface area (Å²) in [6, 6.07) is 20.2. The molecule has 1 N–H and O–H groups in total. The number of halogens is 1. The van der Waals surface area contributed by atoms with Gasteiger partial charge in [-0.1, -0.05) is 6.07 Å². The first-order valence-electron chi connectivity index (χ1n) is 8.48. The Hall–Kier alpha value is -3.20. The average Bonchev–Trinajstić information content (AvgIpc) is 3.25. The van der Waals surface area contributed by atoms with E-state index in [1.54, 1.807) is 36.4 Å². The summed E-state index contributed by atoms with van der Waals surface area (Å²) >= 11 is 2.18. The lowest BCUT2D eigenvalue weighted by molar-refractivity contribution is 0.102. The van der Waals surface area contributed by atoms with Gasteiger partial charge in [-0.15, -0.1) is 0 Å². The molecule has 138 valence electrons. The zero-order valence-corrected chi connectivity index (χ0v) is 16.8. The Bertz CT molecular complexity index is 1100. The van der Waals surface area contributed by atoms with Crippen LogP contribution in [0, 0.1) is 3.57 Å². The number of carbonyl (C=O) groups is 1. The van der Waals surface area contributed by atoms with Crippen LogP contribution in [0.25, 0.3) is 5.82 Å². The van der Waals surface area contributed by atoms with Gasteiger partial charge < -0.3 is 14.6 Å². The molecule has 0 saturated carbocycles. The minimum Gasteiger partial charge on any atom is -0.439 e. The fraction of sp³-hybridized carbons (Fsp3) is 0. The second-order valence-electron chi connectivity index (χ2n) is 5.90. The van der Waals surface area contributed by atoms with E-state index in [4.69, 9.17) is 4.74 Å². The fourth-order valence-corrected chi connectivity index (χ4v) is 3.12. The van der Waals surface area contributed by atoms with Crippen LogP contribution >= 0.6 is 22.6 Å². The highest BCUT2D eigenvalue weighted by molar-refractivity contribution is 14.1. The van der Waals surface area contributed by atoms with E-state index in [1.807, 2.05) is 47.3 Å². The van der Waals surface area contributed by atoms with Crippen molar-refractivity contribution >= 4 is 34.2 Å². The molecule has 0 radical (unpaired) electrons. The SMILES string of the molecule is O=C(Nc1ccc(Oc2cc(-n3cccc3)ncn2)cc1)c1cccc(I)c1. The highest BCUT2D eigenvalue weighted by atomic mass is 127. The van der Waals surface area contributed by atoms with Gasteiger partial charge in [0.1, 0.15) is 17.9 Å². The van der Waals surface area contributed by atoms with Crippen LogP contribution in [0.15, 0.2) is 85.5 Å². The fourth-order valence-electron chi connectivity index (χ4n) is 2.57. The van der Waals surface area contributed by atoms with Crippen molar-refractivity contribution in [2.75, 3.05) is 5.32 Å². The predicted molar refractivity (Wildman–Crippen MR) is 115 cm³/mol. The maximum absolute atomic E-state index is 12.3. The molecule has 0 spiro atoms. The van der Waals surface area contributed by atoms with E-state index in [0.29, 0.717) is 22.9 Å². The molecule has 2 aromatic heterocycles. The Morgan fingerprint density at radius 2 is 1.75 bits per heavy atom. The number of ether oxygens (including phenoxy) is 1. The third kappa shape index (κ3) is 4.37. The number of rotatable bonds is 5. The average molecular weight is 482 g/mol. The lowest BCUT2D eigenvalue weighted by Gasteiger charge is -2.09. The molecular weight excluding hydrogens is 467 g/mol. The third-order valence-electron chi connectivity index (χ3n) is 3.92. The third-order valence-corrected chi connectivity index (χ3v) is 4.59. The van der Waals surface area contributed by atoms with E-state index in [1.165, 1.54) is 6.33 Å². The minimum absolute atomic E-state index is 0.153. The van der Waals surface area contributed by atoms with Gasteiger partial charge in [-0.25, -0.2) is 9.97 Å². The molecule has 4 rings (SSSR count). The van der Waals surface area contributed by atoms with E-state index in [-0.39, 0.29) is 5.91 Å². The number of anilines is 1. The maximum Gasteiger partial charge on any atom is 0.255 e. The van der Waals surface area contributed by atoms with Gasteiger partial charge in [0.05, 0.1) is 0 Å². The lowest BCUT2D eigenvalue weighted by Crippen LogP contribution is -2.11. The van der Waals surface area contributed by atoms with Crippen LogP contribution in [-0.4, -0.2) is 20.4 Å². The summed E-state index contributed by atoms with van der Waals surface area (Å²) in [6.07, 6.45) is 5.26. The van der Waals surface area contributed by atoms with Gasteiger partial charge in [0.2, 0.25) is 5.88 Å². The largest absolute Gasteiger partial charge is 0.439 e. The molecule has 0 atom stereocenters. The number of hydrogen-bond acceptors (Lipinski definition) is 4. The minimum atomic E-state index is -0.153. The second-order valence-corrected chi connectivity index (χ2v) is 7.14. The summed E-state index contributed by atoms with van der Waals surface area (Å²) in [4.78, 5) is 20.7. The Morgan fingerprint density at radius 1 is 0.964 bits per heavy atom. The summed E-state index contributed by atoms with van der Waals surface area (Å²) in [7, 11) is 0. The van der Waals surface area contributed by atoms with Gasteiger partial charge in [-0.05, 0) is 77.2 Å². The van der Waals surface area contributed by atoms with Gasteiger partial charge in [-0.2, -0.15) is 0 Å². The summed E-state index contributed by atoms with van der Waals surface area (Å²) in [5.41, 5.74) is 1.30. The molecule has 0 aliphatic carbocycles. The van der Waals surface area contributed by atoms with E-state index in [9.17, 15) is 4.79 Å². The Labute approximate surface area is 175 Å². The number of benzene rings is 2. The molecule has 0 unspecified atom stereocenters. The molecule has 0 fully saturated rings. The normalized spacial score (nSPS) is 10.5. The van der Waals surface area contributed by atoms with Crippen molar-refractivity contribution in [2.45, 2.75) is 0 Å². The van der Waals surface area contributed by atoms with Crippen LogP contribution in [-0.2, 0) is 0 Å². The van der Waals surface area contributed by atoms with Gasteiger partial charge in [0, 0.05) is 33.3 Å². The van der Waals surface area contributed by atoms with Crippen molar-refractivity contribution in [1.82, 2.24) is 14.5 Å². The molecular formula is C21H15IN4O2. The molecule has 0 aliphatic heterocycles. The van der Waals surface area contributed by atoms with Crippen molar-refractivity contribution in [3.8, 4) is 17.4 Å². The highest BCUT2D eigenvalue weighted by Crippen LogP contribution is 2.23. The number of nitrogens with zero attached hydrogens (tertiary/aromatic N) is 3. The quantitative estimate of drug-likeness (QED) is 0.411. The molecule has 0 bridgehead atoms. The standard InChI is InChI=1S/C21H15IN4O2/c22-16-5-3-4-15(12-16)21(27)25-17-6-8-18(9-7-17)28-20-13-19(23-14-24-20)26-10-1-2-11-26/h1-14H,(H,25,27). The smallest absolute Gasteiger partial charge is 0.255 e. The summed E-state index contributed by atoms with van der Waals surface area (Å²) in [6.45, 7) is 0. The van der Waals surface area contributed by atoms with Crippen LogP contribution in [0.1, 0.15) is 10.4 Å². The van der Waals surface area contributed by atoms with E-state index in [0.717, 1.165) is 9.39 Å². The van der Waals surface area contributed by atoms with Gasteiger partial charge in [0.25, 0.3) is 5.91 Å². The Balaban J connectivity index is 1.44. The maximum atomic E-state index is 12.3. The van der Waals surface area contributed by atoms with Crippen molar-refractivity contribution in [1.29, 1.82) is 0 Å². The molecule has 4 aromatic rings. The summed E-state index contributed by atoms with van der Waals surface area (Å²) in [5, 5.41) is 2.88. The Morgan fingerprint density at radius 3 is 2.50 bits per heavy atom. The predicted octanol–water partition coefficient (Wildman–Crippen LogP) is 4.92. The van der Waals surface area contributed by atoms with Crippen LogP contribution in [0.2, 0.25) is 0 Å². The van der Waals surface area contributed by atoms with Crippen molar-refractivity contribution in [3.63, 3.8) is 0 Å². The Kier molecular flexibility index (Phi) is 5.34. The van der Waals surface area contributed by atoms with E-state index in [2.05, 4.69) is 37.9 Å². The monoisotopic (exact) mass is 482 g/mol. The second kappa shape index (κ2) is 8.22. The van der Waals surface area contributed by atoms with E-state index < -0.39 is 0 Å². The lowest BCUT2D eigenvalue weighted by atomic mass is 10.2. The molecule has 2 aromatic carbocycles. The first-order chi connectivity index (χ1) is 13.7. The molecule has 6 nitrogen and oxygen atoms in total. The van der Waals surface area contributed by atoms with Crippen molar-refractivity contribution in [3.05, 3.63) is 94.6 Å². The van der Waals surface area contributed by atoms with Crippen LogP contribution in [0.4, 0.5) is 5.69 Å². The van der Waals surface area contributed by atoms with Gasteiger partial charge >= 0.3 is 0 Å². The molecule has 7 heteroatoms. The summed E-state index contributed by atoms with van der Waals surface area (Å²) in [5.74, 6) is 1.62. The zero-order chi connectivity index (χ0) is 19.3. The van der Waals surface area contributed by atoms with Crippen LogP contribution in [0.5, 0.6) is 11.6 Å². The topological polar surface area (TPSA) is 69.0 Å². The van der Waals surface area contributed by atoms with Crippen LogP contribution < -0.4 is 10.1 Å². The number of nitrogens with one attached hydrogen (secondary N) is 1. The van der Waals surface area contributed by atoms with Crippen molar-refractivity contribution in [2.24, 2.45) is 0 Å². The molecule has 28 heavy (non-hydrogen) atoms. The summed E-state index contributed by atoms with van der Waals surface area (Å²) < 4.78 is 8.68. The molecule has 0 saturated heterocycles. The first kappa shape index (κ1) is 18.2. The molecule has 2 heterocycles. The van der Waals surface area contributed by atoms with Crippen LogP contribution in [0.3, 0.4) is 0 Å². The number of aromatic nitrogens is 3. The van der Waals surface area contributed by atoms with E-state index >= 15 is 0 Å². The number of hydrogen-bond donors (Lipinski definition) is 1. The molecule has 1 amide bonds. The van der Waals surface area contributed by atoms with Crippen molar-refractivity contribution < 1.29 is 9.53 Å². The van der Waals surface area contributed by atoms with Gasteiger partial charge in [-0.3, -0.25) is 4.79 Å². The van der Waals surface area contributed by atoms with Gasteiger partial charge in [0.15, 0.2) is 0 Å². The number of carbonyl (C=O) groups excluding carboxylic acids is 1.